The van der Waals surface area contributed by atoms with E-state index in [4.69, 9.17) is 16.0 Å². The van der Waals surface area contributed by atoms with Crippen LogP contribution in [0.2, 0.25) is 5.02 Å². The molecule has 7 nitrogen and oxygen atoms in total. The summed E-state index contributed by atoms with van der Waals surface area (Å²) in [6, 6.07) is 7.75. The van der Waals surface area contributed by atoms with Crippen molar-refractivity contribution in [2.45, 2.75) is 0 Å². The molecule has 0 saturated carbocycles. The minimum absolute atomic E-state index is 0.0363. The zero-order valence-electron chi connectivity index (χ0n) is 13.8. The number of carbonyl (C=O) groups excluding carboxylic acids is 1. The average molecular weight is 371 g/mol. The summed E-state index contributed by atoms with van der Waals surface area (Å²) < 4.78 is 5.64. The largest absolute Gasteiger partial charge is 0.451 e. The van der Waals surface area contributed by atoms with Crippen LogP contribution in [0.5, 0.6) is 0 Å². The normalized spacial score (nSPS) is 14.7. The van der Waals surface area contributed by atoms with Crippen molar-refractivity contribution in [1.29, 1.82) is 0 Å². The molecule has 1 fully saturated rings. The second kappa shape index (κ2) is 6.76. The Kier molecular flexibility index (Phi) is 4.30. The first-order valence-corrected chi connectivity index (χ1v) is 8.54. The van der Waals surface area contributed by atoms with Crippen molar-refractivity contribution in [2.75, 3.05) is 31.1 Å². The Hall–Kier alpha value is -2.93. The molecule has 0 atom stereocenters. The van der Waals surface area contributed by atoms with E-state index in [0.29, 0.717) is 48.1 Å². The fraction of sp³-hybridized carbons (Fsp3) is 0.222. The van der Waals surface area contributed by atoms with Crippen LogP contribution in [0, 0.1) is 0 Å². The molecule has 0 aliphatic carbocycles. The molecule has 1 amide bonds. The van der Waals surface area contributed by atoms with Gasteiger partial charge in [-0.3, -0.25) is 9.59 Å². The first-order chi connectivity index (χ1) is 12.6. The third-order valence-electron chi connectivity index (χ3n) is 4.30. The summed E-state index contributed by atoms with van der Waals surface area (Å²) >= 11 is 5.91. The Morgan fingerprint density at radius 2 is 1.81 bits per heavy atom. The van der Waals surface area contributed by atoms with Crippen LogP contribution in [0.4, 0.5) is 5.95 Å². The van der Waals surface area contributed by atoms with E-state index >= 15 is 0 Å². The Morgan fingerprint density at radius 1 is 1.08 bits per heavy atom. The van der Waals surface area contributed by atoms with Crippen molar-refractivity contribution in [3.63, 3.8) is 0 Å². The number of rotatable bonds is 2. The number of benzene rings is 1. The number of aromatic nitrogens is 2. The van der Waals surface area contributed by atoms with E-state index in [2.05, 4.69) is 9.97 Å². The van der Waals surface area contributed by atoms with E-state index in [1.54, 1.807) is 35.5 Å². The highest BCUT2D eigenvalue weighted by Crippen LogP contribution is 2.19. The van der Waals surface area contributed by atoms with Crippen molar-refractivity contribution >= 4 is 34.4 Å². The van der Waals surface area contributed by atoms with Crippen LogP contribution in [0.25, 0.3) is 11.0 Å². The molecule has 1 saturated heterocycles. The summed E-state index contributed by atoms with van der Waals surface area (Å²) in [4.78, 5) is 37.1. The van der Waals surface area contributed by atoms with Crippen molar-refractivity contribution in [3.8, 4) is 0 Å². The molecule has 0 spiro atoms. The number of fused-ring (bicyclic) bond motifs is 1. The molecule has 0 radical (unpaired) electrons. The fourth-order valence-corrected chi connectivity index (χ4v) is 3.13. The van der Waals surface area contributed by atoms with Crippen LogP contribution in [-0.2, 0) is 0 Å². The second-order valence-electron chi connectivity index (χ2n) is 5.94. The molecule has 0 N–H and O–H groups in total. The van der Waals surface area contributed by atoms with Gasteiger partial charge in [0.2, 0.25) is 5.95 Å². The Morgan fingerprint density at radius 3 is 2.54 bits per heavy atom. The molecule has 4 rings (SSSR count). The maximum Gasteiger partial charge on any atom is 0.289 e. The molecule has 3 heterocycles. The molecule has 26 heavy (non-hydrogen) atoms. The van der Waals surface area contributed by atoms with Gasteiger partial charge in [-0.25, -0.2) is 9.97 Å². The molecular formula is C18H15ClN4O3. The predicted octanol–water partition coefficient (Wildman–Crippen LogP) is 2.20. The highest BCUT2D eigenvalue weighted by Gasteiger charge is 2.25. The summed E-state index contributed by atoms with van der Waals surface area (Å²) in [5, 5.41) is 0.809. The van der Waals surface area contributed by atoms with Gasteiger partial charge < -0.3 is 14.2 Å². The standard InChI is InChI=1S/C18H15ClN4O3/c19-12-2-3-15-13(10-12)14(24)11-16(26-15)17(25)22-6-8-23(9-7-22)18-20-4-1-5-21-18/h1-5,10-11H,6-9H2. The highest BCUT2D eigenvalue weighted by molar-refractivity contribution is 6.31. The van der Waals surface area contributed by atoms with Crippen molar-refractivity contribution in [1.82, 2.24) is 14.9 Å². The molecule has 0 unspecified atom stereocenters. The fourth-order valence-electron chi connectivity index (χ4n) is 2.95. The summed E-state index contributed by atoms with van der Waals surface area (Å²) in [5.74, 6) is 0.385. The number of amides is 1. The summed E-state index contributed by atoms with van der Waals surface area (Å²) in [7, 11) is 0. The first-order valence-electron chi connectivity index (χ1n) is 8.16. The maximum atomic E-state index is 12.7. The lowest BCUT2D eigenvalue weighted by molar-refractivity contribution is 0.0714. The van der Waals surface area contributed by atoms with Gasteiger partial charge in [-0.1, -0.05) is 11.6 Å². The van der Waals surface area contributed by atoms with Gasteiger partial charge in [0.05, 0.1) is 5.39 Å². The topological polar surface area (TPSA) is 79.5 Å². The van der Waals surface area contributed by atoms with Crippen LogP contribution >= 0.6 is 11.6 Å². The van der Waals surface area contributed by atoms with E-state index in [0.717, 1.165) is 0 Å². The van der Waals surface area contributed by atoms with E-state index in [9.17, 15) is 9.59 Å². The van der Waals surface area contributed by atoms with Gasteiger partial charge in [0.1, 0.15) is 5.58 Å². The summed E-state index contributed by atoms with van der Waals surface area (Å²) in [6.45, 7) is 2.23. The third-order valence-corrected chi connectivity index (χ3v) is 4.54. The number of carbonyl (C=O) groups is 1. The first kappa shape index (κ1) is 16.5. The minimum Gasteiger partial charge on any atom is -0.451 e. The summed E-state index contributed by atoms with van der Waals surface area (Å²) in [5.41, 5.74) is 0.0648. The number of nitrogens with zero attached hydrogens (tertiary/aromatic N) is 4. The lowest BCUT2D eigenvalue weighted by Gasteiger charge is -2.34. The van der Waals surface area contributed by atoms with Crippen molar-refractivity contribution < 1.29 is 9.21 Å². The molecule has 8 heteroatoms. The van der Waals surface area contributed by atoms with E-state index in [1.165, 1.54) is 12.1 Å². The predicted molar refractivity (Wildman–Crippen MR) is 97.6 cm³/mol. The van der Waals surface area contributed by atoms with Gasteiger partial charge in [0, 0.05) is 49.7 Å². The molecular weight excluding hydrogens is 356 g/mol. The van der Waals surface area contributed by atoms with Crippen LogP contribution < -0.4 is 10.3 Å². The van der Waals surface area contributed by atoms with Crippen molar-refractivity contribution in [2.24, 2.45) is 0 Å². The van der Waals surface area contributed by atoms with Gasteiger partial charge in [-0.05, 0) is 24.3 Å². The van der Waals surface area contributed by atoms with E-state index in [1.807, 2.05) is 4.90 Å². The molecule has 132 valence electrons. The van der Waals surface area contributed by atoms with Gasteiger partial charge in [0.15, 0.2) is 11.2 Å². The number of hydrogen-bond acceptors (Lipinski definition) is 6. The van der Waals surface area contributed by atoms with E-state index in [-0.39, 0.29) is 17.1 Å². The number of piperazine rings is 1. The molecule has 1 aromatic carbocycles. The van der Waals surface area contributed by atoms with Gasteiger partial charge in [-0.2, -0.15) is 0 Å². The lowest BCUT2D eigenvalue weighted by Crippen LogP contribution is -2.49. The number of halogens is 1. The van der Waals surface area contributed by atoms with Gasteiger partial charge in [0.25, 0.3) is 5.91 Å². The second-order valence-corrected chi connectivity index (χ2v) is 6.38. The molecule has 1 aliphatic heterocycles. The Bertz CT molecular complexity index is 1010. The maximum absolute atomic E-state index is 12.7. The SMILES string of the molecule is O=C(c1cc(=O)c2cc(Cl)ccc2o1)N1CCN(c2ncccn2)CC1. The van der Waals surface area contributed by atoms with Gasteiger partial charge in [-0.15, -0.1) is 0 Å². The lowest BCUT2D eigenvalue weighted by atomic mass is 10.2. The van der Waals surface area contributed by atoms with E-state index < -0.39 is 0 Å². The molecule has 1 aliphatic rings. The van der Waals surface area contributed by atoms with Gasteiger partial charge >= 0.3 is 0 Å². The van der Waals surface area contributed by atoms with Crippen molar-refractivity contribution in [3.05, 3.63) is 63.7 Å². The summed E-state index contributed by atoms with van der Waals surface area (Å²) in [6.07, 6.45) is 3.38. The van der Waals surface area contributed by atoms with Crippen LogP contribution in [0.1, 0.15) is 10.6 Å². The Labute approximate surface area is 153 Å². The van der Waals surface area contributed by atoms with Crippen LogP contribution in [-0.4, -0.2) is 47.0 Å². The smallest absolute Gasteiger partial charge is 0.289 e. The quantitative estimate of drug-likeness (QED) is 0.688. The number of hydrogen-bond donors (Lipinski definition) is 0. The third kappa shape index (κ3) is 3.13. The molecule has 3 aromatic rings. The minimum atomic E-state index is -0.299. The zero-order chi connectivity index (χ0) is 18.1. The monoisotopic (exact) mass is 370 g/mol. The Balaban J connectivity index is 1.53. The van der Waals surface area contributed by atoms with Crippen LogP contribution in [0.15, 0.2) is 51.9 Å². The molecule has 2 aromatic heterocycles. The van der Waals surface area contributed by atoms with Crippen LogP contribution in [0.3, 0.4) is 0 Å². The zero-order valence-corrected chi connectivity index (χ0v) is 14.5. The number of anilines is 1. The highest BCUT2D eigenvalue weighted by atomic mass is 35.5. The molecule has 0 bridgehead atoms. The average Bonchev–Trinajstić information content (AvgIpc) is 2.68.